The normalized spacial score (nSPS) is 35.2. The molecule has 4 aliphatic heterocycles. The van der Waals surface area contributed by atoms with Gasteiger partial charge in [-0.2, -0.15) is 55.4 Å². The van der Waals surface area contributed by atoms with Gasteiger partial charge in [0.1, 0.15) is 7.11 Å². The fourth-order valence-electron chi connectivity index (χ4n) is 6.25. The van der Waals surface area contributed by atoms with Crippen LogP contribution in [0.2, 0.25) is 54.9 Å². The lowest BCUT2D eigenvalue weighted by atomic mass is 10.6. The van der Waals surface area contributed by atoms with Gasteiger partial charge in [-0.1, -0.05) is 38.3 Å². The second-order valence-corrected chi connectivity index (χ2v) is 218. The van der Waals surface area contributed by atoms with E-state index < -0.39 is 96.2 Å². The highest BCUT2D eigenvalue weighted by Gasteiger charge is 2.84. The smallest absolute Gasteiger partial charge is 0.168 e. The molecule has 0 nitrogen and oxygen atoms in total. The summed E-state index contributed by atoms with van der Waals surface area (Å²) in [6.07, 6.45) is -16.1. The van der Waals surface area contributed by atoms with E-state index in [-0.39, 0.29) is 0 Å². The SMILES string of the molecule is C[Si]1([Si](Cl)(Cl)Cl)CCC[Si](Cl)(Cl)[Si]1(Cl)Cl.Cl[Si](Cl)(Cl)[Si]1(Cl)CCC[Si](Cl)(Cl)[Si]1(Cl)Cl.Cl[Si](Cl)(Cl)[Si]1(Cl)CCC[Si](Cl)(Cl)[Si]1(Cl)[Si](Cl)(Cl)Cl.Cl[Si]1(Cl)CCC[Si](Cl)(Cl)[Si]1(Cl)Cl. The third-order valence-corrected chi connectivity index (χ3v) is 350. The lowest BCUT2D eigenvalue weighted by Crippen LogP contribution is -2.84. The molecule has 47 heteroatoms. The lowest BCUT2D eigenvalue weighted by molar-refractivity contribution is 1.04. The van der Waals surface area contributed by atoms with E-state index in [4.69, 9.17) is 343 Å². The van der Waals surface area contributed by atoms with Crippen LogP contribution in [0, 0.1) is 0 Å². The molecule has 0 bridgehead atoms. The van der Waals surface area contributed by atoms with Gasteiger partial charge in [0.25, 0.3) is 48.2 Å². The molecule has 4 atom stereocenters. The Hall–Kier alpha value is 12.5. The molecule has 0 spiro atoms. The van der Waals surface area contributed by atoms with Crippen LogP contribution in [0.1, 0.15) is 25.7 Å². The Labute approximate surface area is 510 Å². The molecule has 4 saturated heterocycles. The van der Waals surface area contributed by atoms with Crippen LogP contribution in [0.5, 0.6) is 0 Å². The van der Waals surface area contributed by atoms with Crippen molar-refractivity contribution in [3.05, 3.63) is 0 Å². The molecular formula is C13H27Cl31Si16. The van der Waals surface area contributed by atoms with E-state index in [9.17, 15) is 0 Å². The van der Waals surface area contributed by atoms with Crippen molar-refractivity contribution in [2.24, 2.45) is 0 Å². The maximum absolute atomic E-state index is 6.75. The van der Waals surface area contributed by atoms with E-state index in [2.05, 4.69) is 0 Å². The second kappa shape index (κ2) is 24.4. The molecule has 0 radical (unpaired) electrons. The minimum Gasteiger partial charge on any atom is -0.168 e. The highest BCUT2D eigenvalue weighted by atomic mass is 35.9. The van der Waals surface area contributed by atoms with E-state index in [1.807, 2.05) is 6.55 Å². The van der Waals surface area contributed by atoms with Gasteiger partial charge in [0.15, 0.2) is 0 Å². The minimum atomic E-state index is -3.43. The molecule has 0 aromatic heterocycles. The quantitative estimate of drug-likeness (QED) is 0.194. The summed E-state index contributed by atoms with van der Waals surface area (Å²) in [7, 11) is -2.30. The van der Waals surface area contributed by atoms with Crippen molar-refractivity contribution in [2.75, 3.05) is 0 Å². The summed E-state index contributed by atoms with van der Waals surface area (Å²) in [5, 5.41) is 0. The first kappa shape index (κ1) is 70.5. The van der Waals surface area contributed by atoms with Crippen molar-refractivity contribution >= 4 is 440 Å². The molecule has 0 N–H and O–H groups in total. The summed E-state index contributed by atoms with van der Waals surface area (Å²) in [6.45, 7) is 1.98. The average Bonchev–Trinajstić information content (AvgIpc) is 2.99. The van der Waals surface area contributed by atoms with E-state index in [1.165, 1.54) is 0 Å². The molecule has 0 aromatic carbocycles. The minimum absolute atomic E-state index is 0.516. The fraction of sp³-hybridized carbons (Fsp3) is 1.00. The van der Waals surface area contributed by atoms with Crippen molar-refractivity contribution in [3.8, 4) is 0 Å². The van der Waals surface area contributed by atoms with Crippen LogP contribution in [0.4, 0.5) is 0 Å². The maximum Gasteiger partial charge on any atom is 0.341 e. The topological polar surface area (TPSA) is 0 Å². The van der Waals surface area contributed by atoms with Gasteiger partial charge in [-0.25, -0.2) is 0 Å². The molecule has 60 heavy (non-hydrogen) atoms. The Balaban J connectivity index is 0.000000404. The second-order valence-electron chi connectivity index (χ2n) is 14.2. The Morgan fingerprint density at radius 2 is 0.533 bits per heavy atom. The van der Waals surface area contributed by atoms with Crippen molar-refractivity contribution in [1.82, 2.24) is 0 Å². The molecule has 0 amide bonds. The third-order valence-electron chi connectivity index (χ3n) is 10.2. The van der Waals surface area contributed by atoms with Gasteiger partial charge in [0.05, 0.1) is 0 Å². The fourth-order valence-corrected chi connectivity index (χ4v) is 402. The Bertz CT molecular complexity index is 1410. The summed E-state index contributed by atoms with van der Waals surface area (Å²) >= 11 is 194. The molecule has 0 saturated carbocycles. The van der Waals surface area contributed by atoms with Gasteiger partial charge in [-0.3, -0.25) is 0 Å². The highest BCUT2D eigenvalue weighted by Crippen LogP contribution is 2.61. The Kier molecular flexibility index (Phi) is 28.7. The number of rotatable bonds is 4. The van der Waals surface area contributed by atoms with E-state index in [0.717, 1.165) is 43.4 Å². The average molecular weight is 1730 g/mol. The van der Waals surface area contributed by atoms with Crippen LogP contribution < -0.4 is 0 Å². The number of halogens is 31. The van der Waals surface area contributed by atoms with E-state index >= 15 is 0 Å². The maximum atomic E-state index is 6.75. The van der Waals surface area contributed by atoms with Crippen molar-refractivity contribution in [2.45, 2.75) is 80.6 Å². The van der Waals surface area contributed by atoms with Crippen LogP contribution in [-0.2, 0) is 0 Å². The predicted octanol–water partition coefficient (Wildman–Crippen LogP) is 21.1. The van der Waals surface area contributed by atoms with E-state index in [1.54, 1.807) is 0 Å². The largest absolute Gasteiger partial charge is 0.341 e. The third kappa shape index (κ3) is 14.6. The van der Waals surface area contributed by atoms with Crippen LogP contribution in [0.15, 0.2) is 0 Å². The molecule has 4 aliphatic rings. The molecule has 4 rings (SSSR count). The van der Waals surface area contributed by atoms with Gasteiger partial charge in [-0.05, 0) is 42.3 Å². The zero-order valence-electron chi connectivity index (χ0n) is 29.2. The van der Waals surface area contributed by atoms with E-state index in [0.29, 0.717) is 30.6 Å². The van der Waals surface area contributed by atoms with Crippen LogP contribution >= 0.6 is 343 Å². The molecule has 0 aliphatic carbocycles. The monoisotopic (exact) mass is 1710 g/mol. The summed E-state index contributed by atoms with van der Waals surface area (Å²) in [6, 6.07) is 5.35. The number of hydrogen-bond donors (Lipinski definition) is 0. The van der Waals surface area contributed by atoms with Crippen LogP contribution in [-0.4, -0.2) is 96.2 Å². The molecule has 0 aromatic rings. The first-order valence-corrected chi connectivity index (χ1v) is 93.7. The van der Waals surface area contributed by atoms with Gasteiger partial charge in [0, 0.05) is 0 Å². The van der Waals surface area contributed by atoms with Gasteiger partial charge in [-0.15, -0.1) is 288 Å². The Morgan fingerprint density at radius 1 is 0.267 bits per heavy atom. The summed E-state index contributed by atoms with van der Waals surface area (Å²) in [4.78, 5) is 0. The van der Waals surface area contributed by atoms with Gasteiger partial charge in [0.2, 0.25) is 18.8 Å². The van der Waals surface area contributed by atoms with Crippen molar-refractivity contribution < 1.29 is 0 Å². The summed E-state index contributed by atoms with van der Waals surface area (Å²) < 4.78 is 0. The lowest BCUT2D eigenvalue weighted by Gasteiger charge is -2.51. The highest BCUT2D eigenvalue weighted by molar-refractivity contribution is 8.34. The molecule has 4 unspecified atom stereocenters. The molecule has 4 fully saturated rings. The predicted molar refractivity (Wildman–Crippen MR) is 336 cm³/mol. The van der Waals surface area contributed by atoms with Crippen LogP contribution in [0.3, 0.4) is 0 Å². The van der Waals surface area contributed by atoms with Gasteiger partial charge >= 0.3 is 22.1 Å². The molecule has 4 heterocycles. The van der Waals surface area contributed by atoms with Crippen molar-refractivity contribution in [1.29, 1.82) is 0 Å². The van der Waals surface area contributed by atoms with Crippen LogP contribution in [0.25, 0.3) is 0 Å². The Morgan fingerprint density at radius 3 is 0.783 bits per heavy atom. The zero-order chi connectivity index (χ0) is 48.5. The summed E-state index contributed by atoms with van der Waals surface area (Å²) in [5.74, 6) is -3.31. The van der Waals surface area contributed by atoms with Gasteiger partial charge < -0.3 is 0 Å². The first-order valence-electron chi connectivity index (χ1n) is 16.2. The first-order chi connectivity index (χ1) is 25.8. The summed E-state index contributed by atoms with van der Waals surface area (Å²) in [5.41, 5.74) is -21.3. The molecule has 360 valence electrons. The zero-order valence-corrected chi connectivity index (χ0v) is 68.6. The number of hydrogen-bond acceptors (Lipinski definition) is 0. The standard InChI is InChI=1S/C4H9Cl7Si4.C3H6Cl10Si5.C3H6Cl8Si4.C3H6Cl6Si3/c1-12(14(7,8)9)3-2-4-13(5,6)15(12,10)11;4-14(5)2-1-3-15(6,16(7,8)9)18(14,13)17(10,11)12;4-12(5)2-1-3-13(6,14(7,8)9)15(12,10)11;4-10(5)2-1-3-11(6,7)12(10,8)9/h2-4H2,1H3;1-3H2;1-3H2;1-3H2. The van der Waals surface area contributed by atoms with Crippen molar-refractivity contribution in [3.63, 3.8) is 0 Å². The molecular weight excluding hydrogens is 1700 g/mol.